The van der Waals surface area contributed by atoms with Crippen molar-refractivity contribution in [2.75, 3.05) is 13.1 Å². The molecule has 1 atom stereocenters. The van der Waals surface area contributed by atoms with Crippen LogP contribution < -0.4 is 5.32 Å². The van der Waals surface area contributed by atoms with Crippen LogP contribution in [0, 0.1) is 5.92 Å². The van der Waals surface area contributed by atoms with Gasteiger partial charge in [0, 0.05) is 25.3 Å². The van der Waals surface area contributed by atoms with Gasteiger partial charge in [-0.05, 0) is 47.1 Å². The standard InChI is InChI=1S/C27H28N2/c1-3-9-21(10-4-1)20-28-27-23-15-17-29(18-16-23)26(27)19-24-13-7-8-14-25(24)22-11-5-2-6-12-22/h1-14,19,23,27-28H,15-18,20H2/b26-19-/t27-/m1/s1. The lowest BCUT2D eigenvalue weighted by Gasteiger charge is -2.48. The Bertz CT molecular complexity index is 970. The molecule has 2 nitrogen and oxygen atoms in total. The van der Waals surface area contributed by atoms with Gasteiger partial charge in [-0.1, -0.05) is 84.9 Å². The van der Waals surface area contributed by atoms with Gasteiger partial charge in [0.05, 0.1) is 6.04 Å². The second kappa shape index (κ2) is 8.26. The van der Waals surface area contributed by atoms with Crippen LogP contribution in [0.4, 0.5) is 0 Å². The summed E-state index contributed by atoms with van der Waals surface area (Å²) in [6.45, 7) is 3.30. The molecule has 0 amide bonds. The zero-order valence-electron chi connectivity index (χ0n) is 16.8. The van der Waals surface area contributed by atoms with E-state index in [0.29, 0.717) is 6.04 Å². The third-order valence-electron chi connectivity index (χ3n) is 6.41. The van der Waals surface area contributed by atoms with E-state index in [1.807, 2.05) is 0 Å². The Morgan fingerprint density at radius 1 is 0.793 bits per heavy atom. The summed E-state index contributed by atoms with van der Waals surface area (Å²) in [6.07, 6.45) is 5.03. The molecule has 3 aliphatic rings. The minimum atomic E-state index is 0.432. The van der Waals surface area contributed by atoms with Crippen molar-refractivity contribution in [2.45, 2.75) is 25.4 Å². The average molecular weight is 381 g/mol. The molecule has 3 saturated heterocycles. The van der Waals surface area contributed by atoms with E-state index in [1.54, 1.807) is 0 Å². The first-order valence-corrected chi connectivity index (χ1v) is 10.8. The molecule has 3 aromatic carbocycles. The fourth-order valence-electron chi connectivity index (χ4n) is 4.87. The first-order valence-electron chi connectivity index (χ1n) is 10.8. The second-order valence-corrected chi connectivity index (χ2v) is 8.19. The van der Waals surface area contributed by atoms with Gasteiger partial charge in [0.2, 0.25) is 0 Å². The Morgan fingerprint density at radius 3 is 2.21 bits per heavy atom. The van der Waals surface area contributed by atoms with Crippen molar-refractivity contribution < 1.29 is 0 Å². The number of nitrogens with zero attached hydrogens (tertiary/aromatic N) is 1. The van der Waals surface area contributed by atoms with Crippen LogP contribution in [0.2, 0.25) is 0 Å². The predicted molar refractivity (Wildman–Crippen MR) is 121 cm³/mol. The van der Waals surface area contributed by atoms with Gasteiger partial charge < -0.3 is 10.2 Å². The van der Waals surface area contributed by atoms with Crippen LogP contribution >= 0.6 is 0 Å². The van der Waals surface area contributed by atoms with Gasteiger partial charge >= 0.3 is 0 Å². The maximum absolute atomic E-state index is 3.89. The van der Waals surface area contributed by atoms with Crippen molar-refractivity contribution in [1.29, 1.82) is 0 Å². The summed E-state index contributed by atoms with van der Waals surface area (Å²) in [6, 6.07) is 30.7. The summed E-state index contributed by atoms with van der Waals surface area (Å²) in [5.41, 5.74) is 6.72. The molecule has 0 spiro atoms. The third-order valence-corrected chi connectivity index (χ3v) is 6.41. The van der Waals surface area contributed by atoms with E-state index in [4.69, 9.17) is 0 Å². The molecule has 0 aliphatic carbocycles. The Morgan fingerprint density at radius 2 is 1.45 bits per heavy atom. The molecule has 1 N–H and O–H groups in total. The number of piperidine rings is 3. The maximum Gasteiger partial charge on any atom is 0.0504 e. The molecule has 3 aromatic rings. The highest BCUT2D eigenvalue weighted by Gasteiger charge is 2.37. The van der Waals surface area contributed by atoms with Crippen LogP contribution in [0.25, 0.3) is 17.2 Å². The van der Waals surface area contributed by atoms with E-state index < -0.39 is 0 Å². The van der Waals surface area contributed by atoms with E-state index >= 15 is 0 Å². The quantitative estimate of drug-likeness (QED) is 0.622. The monoisotopic (exact) mass is 380 g/mol. The third kappa shape index (κ3) is 3.86. The largest absolute Gasteiger partial charge is 0.373 e. The van der Waals surface area contributed by atoms with Crippen molar-refractivity contribution in [1.82, 2.24) is 10.2 Å². The zero-order chi connectivity index (χ0) is 19.5. The highest BCUT2D eigenvalue weighted by Crippen LogP contribution is 2.37. The minimum Gasteiger partial charge on any atom is -0.373 e. The molecule has 2 bridgehead atoms. The molecule has 3 aliphatic heterocycles. The van der Waals surface area contributed by atoms with Crippen LogP contribution in [0.1, 0.15) is 24.0 Å². The SMILES string of the molecule is C(=C1\[C@H](NCc2ccccc2)C2CCN1CC2)/c1ccccc1-c1ccccc1. The lowest BCUT2D eigenvalue weighted by atomic mass is 9.80. The number of rotatable bonds is 5. The smallest absolute Gasteiger partial charge is 0.0504 e. The van der Waals surface area contributed by atoms with Crippen molar-refractivity contribution in [2.24, 2.45) is 5.92 Å². The topological polar surface area (TPSA) is 15.3 Å². The van der Waals surface area contributed by atoms with Crippen LogP contribution in [-0.4, -0.2) is 24.0 Å². The van der Waals surface area contributed by atoms with Crippen molar-refractivity contribution in [3.05, 3.63) is 102 Å². The fraction of sp³-hybridized carbons (Fsp3) is 0.259. The van der Waals surface area contributed by atoms with Crippen LogP contribution in [0.15, 0.2) is 90.6 Å². The van der Waals surface area contributed by atoms with Crippen LogP contribution in [0.3, 0.4) is 0 Å². The first kappa shape index (κ1) is 18.2. The molecular formula is C27H28N2. The van der Waals surface area contributed by atoms with Crippen molar-refractivity contribution in [3.63, 3.8) is 0 Å². The molecule has 0 unspecified atom stereocenters. The van der Waals surface area contributed by atoms with E-state index in [0.717, 1.165) is 12.5 Å². The number of benzene rings is 3. The van der Waals surface area contributed by atoms with Gasteiger partial charge in [-0.25, -0.2) is 0 Å². The number of nitrogens with one attached hydrogen (secondary N) is 1. The molecule has 0 radical (unpaired) electrons. The van der Waals surface area contributed by atoms with E-state index in [-0.39, 0.29) is 0 Å². The molecule has 0 saturated carbocycles. The summed E-state index contributed by atoms with van der Waals surface area (Å²) in [5.74, 6) is 0.735. The van der Waals surface area contributed by atoms with Crippen molar-refractivity contribution >= 4 is 6.08 Å². The molecule has 146 valence electrons. The molecule has 2 heteroatoms. The normalized spacial score (nSPS) is 22.2. The Kier molecular flexibility index (Phi) is 5.19. The summed E-state index contributed by atoms with van der Waals surface area (Å²) in [7, 11) is 0. The van der Waals surface area contributed by atoms with Crippen LogP contribution in [0.5, 0.6) is 0 Å². The summed E-state index contributed by atoms with van der Waals surface area (Å²) < 4.78 is 0. The average Bonchev–Trinajstić information content (AvgIpc) is 2.81. The molecule has 3 fully saturated rings. The minimum absolute atomic E-state index is 0.432. The molecule has 29 heavy (non-hydrogen) atoms. The highest BCUT2D eigenvalue weighted by molar-refractivity contribution is 5.76. The molecule has 6 rings (SSSR count). The Balaban J connectivity index is 1.47. The van der Waals surface area contributed by atoms with Gasteiger partial charge in [0.1, 0.15) is 0 Å². The Hall–Kier alpha value is -2.84. The molecule has 3 heterocycles. The Labute approximate surface area is 173 Å². The lowest BCUT2D eigenvalue weighted by molar-refractivity contribution is 0.123. The maximum atomic E-state index is 3.89. The second-order valence-electron chi connectivity index (χ2n) is 8.19. The highest BCUT2D eigenvalue weighted by atomic mass is 15.2. The van der Waals surface area contributed by atoms with Gasteiger partial charge in [0.15, 0.2) is 0 Å². The van der Waals surface area contributed by atoms with E-state index in [2.05, 4.69) is 101 Å². The molecule has 0 aromatic heterocycles. The number of hydrogen-bond acceptors (Lipinski definition) is 2. The van der Waals surface area contributed by atoms with Gasteiger partial charge in [-0.15, -0.1) is 0 Å². The van der Waals surface area contributed by atoms with Crippen LogP contribution in [-0.2, 0) is 6.54 Å². The predicted octanol–water partition coefficient (Wildman–Crippen LogP) is 5.58. The number of hydrogen-bond donors (Lipinski definition) is 1. The van der Waals surface area contributed by atoms with E-state index in [9.17, 15) is 0 Å². The van der Waals surface area contributed by atoms with Gasteiger partial charge in [-0.3, -0.25) is 0 Å². The van der Waals surface area contributed by atoms with Gasteiger partial charge in [-0.2, -0.15) is 0 Å². The summed E-state index contributed by atoms with van der Waals surface area (Å²) >= 11 is 0. The number of fused-ring (bicyclic) bond motifs is 3. The van der Waals surface area contributed by atoms with Crippen molar-refractivity contribution in [3.8, 4) is 11.1 Å². The summed E-state index contributed by atoms with van der Waals surface area (Å²) in [5, 5.41) is 3.89. The zero-order valence-corrected chi connectivity index (χ0v) is 16.8. The molecular weight excluding hydrogens is 352 g/mol. The van der Waals surface area contributed by atoms with Gasteiger partial charge in [0.25, 0.3) is 0 Å². The van der Waals surface area contributed by atoms with E-state index in [1.165, 1.54) is 53.9 Å². The summed E-state index contributed by atoms with van der Waals surface area (Å²) in [4.78, 5) is 2.60. The fourth-order valence-corrected chi connectivity index (χ4v) is 4.87. The first-order chi connectivity index (χ1) is 14.4. The lowest BCUT2D eigenvalue weighted by Crippen LogP contribution is -2.54.